The Hall–Kier alpha value is -2.48. The predicted molar refractivity (Wildman–Crippen MR) is 104 cm³/mol. The summed E-state index contributed by atoms with van der Waals surface area (Å²) in [7, 11) is 0. The van der Waals surface area contributed by atoms with Crippen LogP contribution in [0, 0.1) is 6.92 Å². The number of hydrogen-bond acceptors (Lipinski definition) is 7. The number of carbonyl (C=O) groups is 1. The van der Waals surface area contributed by atoms with E-state index in [-0.39, 0.29) is 16.3 Å². The first-order valence-corrected chi connectivity index (χ1v) is 9.09. The lowest BCUT2D eigenvalue weighted by atomic mass is 9.87. The van der Waals surface area contributed by atoms with Crippen molar-refractivity contribution in [1.29, 1.82) is 0 Å². The van der Waals surface area contributed by atoms with E-state index in [4.69, 9.17) is 5.73 Å². The van der Waals surface area contributed by atoms with E-state index >= 15 is 0 Å². The highest BCUT2D eigenvalue weighted by Gasteiger charge is 2.40. The number of thioether (sulfide) groups is 1. The van der Waals surface area contributed by atoms with Crippen LogP contribution < -0.4 is 11.1 Å². The van der Waals surface area contributed by atoms with E-state index in [0.29, 0.717) is 10.9 Å². The number of amidine groups is 1. The third kappa shape index (κ3) is 4.01. The fourth-order valence-corrected chi connectivity index (χ4v) is 4.28. The standard InChI is InChI=1S/C18H22N6OS/c1-11-8-22-13(9-21-11)15(25)23-12-5-6-20-14(7-12)18(4)10-17(2,3)26-16(19)24-18/h5-9H,10H2,1-4H3,(H2,19,24)(H,20,23,25)/t18-/m0/s1. The largest absolute Gasteiger partial charge is 0.378 e. The Bertz CT molecular complexity index is 864. The van der Waals surface area contributed by atoms with Gasteiger partial charge in [0.05, 0.1) is 17.6 Å². The van der Waals surface area contributed by atoms with Gasteiger partial charge in [0, 0.05) is 22.8 Å². The van der Waals surface area contributed by atoms with E-state index in [0.717, 1.165) is 17.8 Å². The molecule has 0 unspecified atom stereocenters. The van der Waals surface area contributed by atoms with Crippen molar-refractivity contribution in [1.82, 2.24) is 15.0 Å². The van der Waals surface area contributed by atoms with Gasteiger partial charge in [0.15, 0.2) is 5.17 Å². The Morgan fingerprint density at radius 1 is 1.23 bits per heavy atom. The molecule has 3 rings (SSSR count). The maximum absolute atomic E-state index is 12.4. The molecule has 0 aromatic carbocycles. The fraction of sp³-hybridized carbons (Fsp3) is 0.389. The Labute approximate surface area is 156 Å². The van der Waals surface area contributed by atoms with Gasteiger partial charge < -0.3 is 11.1 Å². The number of aliphatic imine (C=N–C) groups is 1. The summed E-state index contributed by atoms with van der Waals surface area (Å²) >= 11 is 1.57. The van der Waals surface area contributed by atoms with Gasteiger partial charge in [-0.05, 0) is 32.4 Å². The number of nitrogens with two attached hydrogens (primary N) is 1. The van der Waals surface area contributed by atoms with E-state index in [1.165, 1.54) is 6.20 Å². The zero-order chi connectivity index (χ0) is 18.9. The van der Waals surface area contributed by atoms with E-state index in [9.17, 15) is 4.79 Å². The van der Waals surface area contributed by atoms with Gasteiger partial charge in [-0.25, -0.2) is 9.98 Å². The van der Waals surface area contributed by atoms with Crippen LogP contribution in [-0.2, 0) is 5.54 Å². The molecule has 7 nitrogen and oxygen atoms in total. The van der Waals surface area contributed by atoms with Crippen molar-refractivity contribution in [2.45, 2.75) is 44.4 Å². The first-order valence-electron chi connectivity index (χ1n) is 8.28. The highest BCUT2D eigenvalue weighted by molar-refractivity contribution is 8.15. The SMILES string of the molecule is Cc1cnc(C(=O)Nc2ccnc([C@]3(C)CC(C)(C)SC(N)=N3)c2)cn1. The molecule has 0 saturated carbocycles. The van der Waals surface area contributed by atoms with Crippen LogP contribution in [0.15, 0.2) is 35.7 Å². The molecule has 3 heterocycles. The molecule has 136 valence electrons. The number of nitrogens with zero attached hydrogens (tertiary/aromatic N) is 4. The van der Waals surface area contributed by atoms with Crippen LogP contribution >= 0.6 is 11.8 Å². The van der Waals surface area contributed by atoms with Crippen molar-refractivity contribution in [3.63, 3.8) is 0 Å². The van der Waals surface area contributed by atoms with Gasteiger partial charge in [-0.2, -0.15) is 0 Å². The summed E-state index contributed by atoms with van der Waals surface area (Å²) in [4.78, 5) is 29.7. The smallest absolute Gasteiger partial charge is 0.275 e. The zero-order valence-corrected chi connectivity index (χ0v) is 16.1. The van der Waals surface area contributed by atoms with Gasteiger partial charge in [-0.3, -0.25) is 14.8 Å². The number of anilines is 1. The second-order valence-electron chi connectivity index (χ2n) is 7.19. The second-order valence-corrected chi connectivity index (χ2v) is 8.92. The van der Waals surface area contributed by atoms with Crippen molar-refractivity contribution in [3.05, 3.63) is 47.8 Å². The monoisotopic (exact) mass is 370 g/mol. The van der Waals surface area contributed by atoms with E-state index < -0.39 is 5.54 Å². The Balaban J connectivity index is 1.85. The molecule has 0 aliphatic carbocycles. The summed E-state index contributed by atoms with van der Waals surface area (Å²) < 4.78 is -0.0427. The third-order valence-corrected chi connectivity index (χ3v) is 5.09. The van der Waals surface area contributed by atoms with Gasteiger partial charge in [-0.1, -0.05) is 25.6 Å². The molecule has 1 amide bonds. The molecule has 0 saturated heterocycles. The van der Waals surface area contributed by atoms with Crippen LogP contribution in [0.5, 0.6) is 0 Å². The number of hydrogen-bond donors (Lipinski definition) is 2. The average Bonchev–Trinajstić information content (AvgIpc) is 2.53. The van der Waals surface area contributed by atoms with Crippen LogP contribution in [0.4, 0.5) is 5.69 Å². The van der Waals surface area contributed by atoms with Gasteiger partial charge in [0.1, 0.15) is 11.2 Å². The molecule has 1 aliphatic rings. The third-order valence-electron chi connectivity index (χ3n) is 4.09. The van der Waals surface area contributed by atoms with Gasteiger partial charge in [0.25, 0.3) is 5.91 Å². The molecule has 0 fully saturated rings. The lowest BCUT2D eigenvalue weighted by Crippen LogP contribution is -2.38. The van der Waals surface area contributed by atoms with Crippen molar-refractivity contribution >= 4 is 28.5 Å². The van der Waals surface area contributed by atoms with Crippen molar-refractivity contribution in [2.24, 2.45) is 10.7 Å². The molecular weight excluding hydrogens is 348 g/mol. The topological polar surface area (TPSA) is 106 Å². The highest BCUT2D eigenvalue weighted by atomic mass is 32.2. The minimum atomic E-state index is -0.538. The minimum absolute atomic E-state index is 0.0427. The molecule has 2 aromatic heterocycles. The summed E-state index contributed by atoms with van der Waals surface area (Å²) in [6.45, 7) is 8.11. The Kier molecular flexibility index (Phi) is 4.70. The van der Waals surface area contributed by atoms with Crippen molar-refractivity contribution in [2.75, 3.05) is 5.32 Å². The predicted octanol–water partition coefficient (Wildman–Crippen LogP) is 2.88. The summed E-state index contributed by atoms with van der Waals surface area (Å²) in [5.74, 6) is -0.317. The van der Waals surface area contributed by atoms with Crippen LogP contribution in [0.3, 0.4) is 0 Å². The maximum atomic E-state index is 12.4. The molecule has 3 N–H and O–H groups in total. The Morgan fingerprint density at radius 2 is 2.00 bits per heavy atom. The number of rotatable bonds is 3. The lowest BCUT2D eigenvalue weighted by molar-refractivity contribution is 0.102. The average molecular weight is 370 g/mol. The second kappa shape index (κ2) is 6.68. The molecule has 0 bridgehead atoms. The van der Waals surface area contributed by atoms with Crippen molar-refractivity contribution in [3.8, 4) is 0 Å². The quantitative estimate of drug-likeness (QED) is 0.860. The molecule has 1 aliphatic heterocycles. The summed E-state index contributed by atoms with van der Waals surface area (Å²) in [5, 5.41) is 3.39. The summed E-state index contributed by atoms with van der Waals surface area (Å²) in [6.07, 6.45) is 5.48. The maximum Gasteiger partial charge on any atom is 0.275 e. The Morgan fingerprint density at radius 3 is 2.65 bits per heavy atom. The molecule has 2 aromatic rings. The molecule has 0 radical (unpaired) electrons. The van der Waals surface area contributed by atoms with Gasteiger partial charge >= 0.3 is 0 Å². The van der Waals surface area contributed by atoms with E-state index in [1.807, 2.05) is 19.9 Å². The van der Waals surface area contributed by atoms with Crippen LogP contribution in [0.25, 0.3) is 0 Å². The van der Waals surface area contributed by atoms with Crippen LogP contribution in [0.2, 0.25) is 0 Å². The number of carbonyl (C=O) groups excluding carboxylic acids is 1. The van der Waals surface area contributed by atoms with Gasteiger partial charge in [0.2, 0.25) is 0 Å². The zero-order valence-electron chi connectivity index (χ0n) is 15.3. The van der Waals surface area contributed by atoms with E-state index in [2.05, 4.69) is 39.1 Å². The molecule has 1 atom stereocenters. The minimum Gasteiger partial charge on any atom is -0.378 e. The normalized spacial score (nSPS) is 21.8. The highest BCUT2D eigenvalue weighted by Crippen LogP contribution is 2.44. The van der Waals surface area contributed by atoms with E-state index in [1.54, 1.807) is 30.2 Å². The number of pyridine rings is 1. The van der Waals surface area contributed by atoms with Crippen LogP contribution in [0.1, 0.15) is 49.1 Å². The number of nitrogens with one attached hydrogen (secondary N) is 1. The fourth-order valence-electron chi connectivity index (χ4n) is 3.11. The summed E-state index contributed by atoms with van der Waals surface area (Å²) in [6, 6.07) is 3.57. The number of aryl methyl sites for hydroxylation is 1. The molecule has 0 spiro atoms. The molecule has 26 heavy (non-hydrogen) atoms. The van der Waals surface area contributed by atoms with Gasteiger partial charge in [-0.15, -0.1) is 0 Å². The van der Waals surface area contributed by atoms with Crippen LogP contribution in [-0.4, -0.2) is 30.8 Å². The number of aromatic nitrogens is 3. The number of amides is 1. The first kappa shape index (κ1) is 18.3. The molecular formula is C18H22N6OS. The molecule has 8 heteroatoms. The first-order chi connectivity index (χ1) is 12.2. The lowest BCUT2D eigenvalue weighted by Gasteiger charge is -2.38. The van der Waals surface area contributed by atoms with Crippen molar-refractivity contribution < 1.29 is 4.79 Å². The summed E-state index contributed by atoms with van der Waals surface area (Å²) in [5.41, 5.74) is 7.91.